The Morgan fingerprint density at radius 2 is 1.75 bits per heavy atom. The van der Waals surface area contributed by atoms with Gasteiger partial charge in [0.1, 0.15) is 6.54 Å². The van der Waals surface area contributed by atoms with Crippen LogP contribution in [-0.2, 0) is 9.59 Å². The number of nitrogens with zero attached hydrogens (tertiary/aromatic N) is 2. The molecule has 2 amide bonds. The second-order valence-electron chi connectivity index (χ2n) is 5.58. The number of para-hydroxylation sites is 1. The van der Waals surface area contributed by atoms with E-state index in [1.807, 2.05) is 38.1 Å². The summed E-state index contributed by atoms with van der Waals surface area (Å²) < 4.78 is 0. The number of anilines is 2. The van der Waals surface area contributed by atoms with Gasteiger partial charge < -0.3 is 10.2 Å². The van der Waals surface area contributed by atoms with Crippen molar-refractivity contribution in [3.8, 4) is 6.07 Å². The third-order valence-corrected chi connectivity index (χ3v) is 3.71. The van der Waals surface area contributed by atoms with Gasteiger partial charge in [-0.2, -0.15) is 5.26 Å². The van der Waals surface area contributed by atoms with Crippen LogP contribution in [0.2, 0.25) is 0 Å². The standard InChI is InChI=1S/C19H19N3O2/c1-13-6-4-7-14(2)19(13)21-18(24)12-22(15(3)23)17-9-5-8-16(10-17)11-20/h4-10H,12H2,1-3H3,(H,21,24). The molecule has 24 heavy (non-hydrogen) atoms. The number of benzene rings is 2. The van der Waals surface area contributed by atoms with Crippen LogP contribution in [0.4, 0.5) is 11.4 Å². The van der Waals surface area contributed by atoms with Gasteiger partial charge in [-0.1, -0.05) is 24.3 Å². The molecule has 0 aliphatic heterocycles. The smallest absolute Gasteiger partial charge is 0.244 e. The predicted octanol–water partition coefficient (Wildman–Crippen LogP) is 3.17. The number of aryl methyl sites for hydroxylation is 2. The maximum Gasteiger partial charge on any atom is 0.244 e. The van der Waals surface area contributed by atoms with Crippen molar-refractivity contribution in [1.82, 2.24) is 0 Å². The van der Waals surface area contributed by atoms with Crippen LogP contribution in [0.1, 0.15) is 23.6 Å². The SMILES string of the molecule is CC(=O)N(CC(=O)Nc1c(C)cccc1C)c1cccc(C#N)c1. The van der Waals surface area contributed by atoms with Gasteiger partial charge in [0.25, 0.3) is 0 Å². The Balaban J connectivity index is 2.20. The van der Waals surface area contributed by atoms with Crippen molar-refractivity contribution in [1.29, 1.82) is 5.26 Å². The lowest BCUT2D eigenvalue weighted by atomic mass is 10.1. The number of carbonyl (C=O) groups is 2. The van der Waals surface area contributed by atoms with Crippen molar-refractivity contribution in [2.75, 3.05) is 16.8 Å². The number of nitriles is 1. The minimum absolute atomic E-state index is 0.113. The number of rotatable bonds is 4. The van der Waals surface area contributed by atoms with Crippen LogP contribution in [0.25, 0.3) is 0 Å². The van der Waals surface area contributed by atoms with E-state index in [0.717, 1.165) is 16.8 Å². The van der Waals surface area contributed by atoms with E-state index in [2.05, 4.69) is 5.32 Å². The summed E-state index contributed by atoms with van der Waals surface area (Å²) in [6.45, 7) is 5.12. The molecule has 0 bridgehead atoms. The van der Waals surface area contributed by atoms with E-state index in [4.69, 9.17) is 5.26 Å². The first kappa shape index (κ1) is 17.2. The van der Waals surface area contributed by atoms with Crippen molar-refractivity contribution in [3.63, 3.8) is 0 Å². The quantitative estimate of drug-likeness (QED) is 0.940. The molecule has 2 aromatic carbocycles. The van der Waals surface area contributed by atoms with E-state index in [9.17, 15) is 9.59 Å². The topological polar surface area (TPSA) is 73.2 Å². The van der Waals surface area contributed by atoms with Gasteiger partial charge in [-0.15, -0.1) is 0 Å². The minimum Gasteiger partial charge on any atom is -0.324 e. The van der Waals surface area contributed by atoms with Gasteiger partial charge in [0.2, 0.25) is 11.8 Å². The molecular weight excluding hydrogens is 302 g/mol. The fraction of sp³-hybridized carbons (Fsp3) is 0.211. The van der Waals surface area contributed by atoms with Crippen molar-refractivity contribution >= 4 is 23.2 Å². The highest BCUT2D eigenvalue weighted by molar-refractivity contribution is 6.02. The summed E-state index contributed by atoms with van der Waals surface area (Å²) >= 11 is 0. The molecule has 0 atom stereocenters. The summed E-state index contributed by atoms with van der Waals surface area (Å²) in [6, 6.07) is 14.4. The lowest BCUT2D eigenvalue weighted by Crippen LogP contribution is -2.36. The lowest BCUT2D eigenvalue weighted by molar-refractivity contribution is -0.120. The molecule has 0 saturated carbocycles. The molecule has 0 radical (unpaired) electrons. The van der Waals surface area contributed by atoms with Gasteiger partial charge >= 0.3 is 0 Å². The Labute approximate surface area is 141 Å². The zero-order valence-corrected chi connectivity index (χ0v) is 14.0. The van der Waals surface area contributed by atoms with E-state index in [0.29, 0.717) is 11.3 Å². The van der Waals surface area contributed by atoms with Crippen molar-refractivity contribution in [3.05, 3.63) is 59.2 Å². The normalized spacial score (nSPS) is 9.92. The molecule has 0 aromatic heterocycles. The van der Waals surface area contributed by atoms with Gasteiger partial charge in [0.05, 0.1) is 11.6 Å². The summed E-state index contributed by atoms with van der Waals surface area (Å²) in [7, 11) is 0. The second-order valence-corrected chi connectivity index (χ2v) is 5.58. The van der Waals surface area contributed by atoms with Gasteiger partial charge in [-0.25, -0.2) is 0 Å². The lowest BCUT2D eigenvalue weighted by Gasteiger charge is -2.21. The highest BCUT2D eigenvalue weighted by Gasteiger charge is 2.17. The molecule has 0 fully saturated rings. The maximum atomic E-state index is 12.4. The molecule has 122 valence electrons. The van der Waals surface area contributed by atoms with Gasteiger partial charge in [-0.05, 0) is 43.2 Å². The van der Waals surface area contributed by atoms with Gasteiger partial charge in [0.15, 0.2) is 0 Å². The Bertz CT molecular complexity index is 801. The zero-order chi connectivity index (χ0) is 17.7. The van der Waals surface area contributed by atoms with E-state index < -0.39 is 0 Å². The Morgan fingerprint density at radius 3 is 2.33 bits per heavy atom. The first-order valence-electron chi connectivity index (χ1n) is 7.56. The molecule has 5 nitrogen and oxygen atoms in total. The summed E-state index contributed by atoms with van der Waals surface area (Å²) in [5.41, 5.74) is 3.65. The minimum atomic E-state index is -0.287. The van der Waals surface area contributed by atoms with Gasteiger partial charge in [0, 0.05) is 18.3 Å². The number of hydrogen-bond acceptors (Lipinski definition) is 3. The Hall–Kier alpha value is -3.13. The second kappa shape index (κ2) is 7.42. The average molecular weight is 321 g/mol. The van der Waals surface area contributed by atoms with Crippen molar-refractivity contribution in [2.24, 2.45) is 0 Å². The molecule has 2 aromatic rings. The van der Waals surface area contributed by atoms with E-state index in [1.165, 1.54) is 11.8 Å². The van der Waals surface area contributed by atoms with Crippen LogP contribution < -0.4 is 10.2 Å². The van der Waals surface area contributed by atoms with Crippen LogP contribution in [-0.4, -0.2) is 18.4 Å². The van der Waals surface area contributed by atoms with Crippen molar-refractivity contribution < 1.29 is 9.59 Å². The maximum absolute atomic E-state index is 12.4. The fourth-order valence-electron chi connectivity index (χ4n) is 2.46. The first-order valence-corrected chi connectivity index (χ1v) is 7.56. The molecule has 0 aliphatic carbocycles. The molecular formula is C19H19N3O2. The third kappa shape index (κ3) is 3.99. The third-order valence-electron chi connectivity index (χ3n) is 3.71. The Morgan fingerprint density at radius 1 is 1.12 bits per heavy atom. The summed E-state index contributed by atoms with van der Waals surface area (Å²) in [5.74, 6) is -0.549. The largest absolute Gasteiger partial charge is 0.324 e. The number of amides is 2. The molecule has 0 spiro atoms. The molecule has 2 rings (SSSR count). The highest BCUT2D eigenvalue weighted by Crippen LogP contribution is 2.20. The molecule has 0 unspecified atom stereocenters. The summed E-state index contributed by atoms with van der Waals surface area (Å²) in [4.78, 5) is 25.7. The molecule has 0 heterocycles. The highest BCUT2D eigenvalue weighted by atomic mass is 16.2. The van der Waals surface area contributed by atoms with Crippen LogP contribution >= 0.6 is 0 Å². The monoisotopic (exact) mass is 321 g/mol. The van der Waals surface area contributed by atoms with Crippen LogP contribution in [0, 0.1) is 25.2 Å². The number of hydrogen-bond donors (Lipinski definition) is 1. The summed E-state index contributed by atoms with van der Waals surface area (Å²) in [5, 5.41) is 11.9. The van der Waals surface area contributed by atoms with Crippen LogP contribution in [0.15, 0.2) is 42.5 Å². The first-order chi connectivity index (χ1) is 11.4. The van der Waals surface area contributed by atoms with Gasteiger partial charge in [-0.3, -0.25) is 9.59 Å². The fourth-order valence-corrected chi connectivity index (χ4v) is 2.46. The molecule has 0 saturated heterocycles. The van der Waals surface area contributed by atoms with Crippen molar-refractivity contribution in [2.45, 2.75) is 20.8 Å². The summed E-state index contributed by atoms with van der Waals surface area (Å²) in [6.07, 6.45) is 0. The van der Waals surface area contributed by atoms with E-state index >= 15 is 0 Å². The zero-order valence-electron chi connectivity index (χ0n) is 14.0. The van der Waals surface area contributed by atoms with E-state index in [-0.39, 0.29) is 18.4 Å². The van der Waals surface area contributed by atoms with Crippen LogP contribution in [0.3, 0.4) is 0 Å². The average Bonchev–Trinajstić information content (AvgIpc) is 2.56. The van der Waals surface area contributed by atoms with Crippen LogP contribution in [0.5, 0.6) is 0 Å². The number of nitrogens with one attached hydrogen (secondary N) is 1. The molecule has 5 heteroatoms. The molecule has 1 N–H and O–H groups in total. The van der Waals surface area contributed by atoms with E-state index in [1.54, 1.807) is 24.3 Å². The number of carbonyl (C=O) groups excluding carboxylic acids is 2. The molecule has 0 aliphatic rings. The predicted molar refractivity (Wildman–Crippen MR) is 93.7 cm³/mol. The Kier molecular flexibility index (Phi) is 5.33.